The van der Waals surface area contributed by atoms with Gasteiger partial charge in [0.2, 0.25) is 0 Å². The van der Waals surface area contributed by atoms with Crippen molar-refractivity contribution in [2.75, 3.05) is 0 Å². The first-order valence-corrected chi connectivity index (χ1v) is 5.94. The summed E-state index contributed by atoms with van der Waals surface area (Å²) < 4.78 is 5.51. The molecule has 0 saturated heterocycles. The third-order valence-electron chi connectivity index (χ3n) is 2.47. The van der Waals surface area contributed by atoms with Crippen molar-refractivity contribution in [3.8, 4) is 11.5 Å². The summed E-state index contributed by atoms with van der Waals surface area (Å²) in [6.45, 7) is 0. The fourth-order valence-electron chi connectivity index (χ4n) is 1.55. The van der Waals surface area contributed by atoms with Crippen LogP contribution < -0.4 is 10.5 Å². The van der Waals surface area contributed by atoms with Gasteiger partial charge in [-0.2, -0.15) is 0 Å². The van der Waals surface area contributed by atoms with Crippen molar-refractivity contribution in [2.45, 2.75) is 0 Å². The van der Waals surface area contributed by atoms with Crippen LogP contribution in [0.1, 0.15) is 5.56 Å². The molecule has 0 fully saturated rings. The van der Waals surface area contributed by atoms with E-state index in [2.05, 4.69) is 10.1 Å². The number of hydrogen-bond acceptors (Lipinski definition) is 6. The lowest BCUT2D eigenvalue weighted by Gasteiger charge is -2.10. The summed E-state index contributed by atoms with van der Waals surface area (Å²) in [7, 11) is 0. The summed E-state index contributed by atoms with van der Waals surface area (Å²) in [5.74, 6) is 0.159. The Morgan fingerprint density at radius 3 is 2.81 bits per heavy atom. The second-order valence-corrected chi connectivity index (χ2v) is 4.30. The average molecular weight is 309 g/mol. The summed E-state index contributed by atoms with van der Waals surface area (Å²) in [6, 6.07) is 5.22. The first kappa shape index (κ1) is 14.5. The number of nitro benzene ring substituents is 1. The summed E-state index contributed by atoms with van der Waals surface area (Å²) in [5.41, 5.74) is 5.36. The predicted octanol–water partition coefficient (Wildman–Crippen LogP) is 2.53. The van der Waals surface area contributed by atoms with Gasteiger partial charge in [0, 0.05) is 24.4 Å². The molecule has 0 aliphatic heterocycles. The van der Waals surface area contributed by atoms with Crippen LogP contribution in [0.25, 0.3) is 0 Å². The molecule has 8 nitrogen and oxygen atoms in total. The van der Waals surface area contributed by atoms with Crippen molar-refractivity contribution in [3.05, 3.63) is 57.4 Å². The van der Waals surface area contributed by atoms with Gasteiger partial charge in [0.1, 0.15) is 11.5 Å². The van der Waals surface area contributed by atoms with Gasteiger partial charge in [-0.05, 0) is 6.07 Å². The molecule has 2 rings (SSSR count). The maximum absolute atomic E-state index is 10.8. The molecular formula is C12H9ClN4O4. The Hall–Kier alpha value is -2.87. The van der Waals surface area contributed by atoms with Crippen molar-refractivity contribution in [2.24, 2.45) is 10.9 Å². The molecule has 0 radical (unpaired) electrons. The van der Waals surface area contributed by atoms with Crippen LogP contribution in [0.3, 0.4) is 0 Å². The van der Waals surface area contributed by atoms with Crippen LogP contribution in [-0.4, -0.2) is 21.0 Å². The van der Waals surface area contributed by atoms with Gasteiger partial charge in [-0.1, -0.05) is 16.8 Å². The lowest BCUT2D eigenvalue weighted by molar-refractivity contribution is -0.384. The Morgan fingerprint density at radius 2 is 2.19 bits per heavy atom. The molecule has 0 amide bonds. The molecule has 0 aliphatic rings. The van der Waals surface area contributed by atoms with Crippen LogP contribution in [0.5, 0.6) is 11.5 Å². The quantitative estimate of drug-likeness (QED) is 0.294. The highest BCUT2D eigenvalue weighted by Crippen LogP contribution is 2.29. The molecule has 0 saturated carbocycles. The number of ether oxygens (including phenoxy) is 1. The number of benzene rings is 1. The lowest BCUT2D eigenvalue weighted by Crippen LogP contribution is -2.14. The van der Waals surface area contributed by atoms with E-state index >= 15 is 0 Å². The number of nitrogens with two attached hydrogens (primary N) is 1. The molecule has 0 atom stereocenters. The zero-order valence-corrected chi connectivity index (χ0v) is 11.2. The molecule has 108 valence electrons. The van der Waals surface area contributed by atoms with Crippen molar-refractivity contribution >= 4 is 23.1 Å². The number of oxime groups is 1. The van der Waals surface area contributed by atoms with Gasteiger partial charge < -0.3 is 15.7 Å². The Kier molecular flexibility index (Phi) is 4.19. The Balaban J connectivity index is 2.45. The average Bonchev–Trinajstić information content (AvgIpc) is 2.46. The van der Waals surface area contributed by atoms with E-state index in [9.17, 15) is 10.1 Å². The van der Waals surface area contributed by atoms with Gasteiger partial charge in [-0.3, -0.25) is 15.1 Å². The molecule has 0 aliphatic carbocycles. The van der Waals surface area contributed by atoms with Gasteiger partial charge >= 0.3 is 0 Å². The number of non-ortho nitro benzene ring substituents is 1. The fraction of sp³-hybridized carbons (Fsp3) is 0. The number of hydrogen-bond donors (Lipinski definition) is 2. The molecule has 0 bridgehead atoms. The zero-order chi connectivity index (χ0) is 15.4. The number of amidine groups is 1. The van der Waals surface area contributed by atoms with Crippen molar-refractivity contribution < 1.29 is 14.9 Å². The van der Waals surface area contributed by atoms with Gasteiger partial charge in [0.05, 0.1) is 21.7 Å². The third kappa shape index (κ3) is 3.37. The minimum atomic E-state index is -0.598. The highest BCUT2D eigenvalue weighted by Gasteiger charge is 2.16. The highest BCUT2D eigenvalue weighted by atomic mass is 35.5. The van der Waals surface area contributed by atoms with E-state index in [-0.39, 0.29) is 22.8 Å². The maximum Gasteiger partial charge on any atom is 0.270 e. The maximum atomic E-state index is 10.8. The molecule has 1 heterocycles. The topological polar surface area (TPSA) is 124 Å². The number of aromatic nitrogens is 1. The fourth-order valence-corrected chi connectivity index (χ4v) is 1.71. The molecule has 0 spiro atoms. The Morgan fingerprint density at radius 1 is 1.43 bits per heavy atom. The third-order valence-corrected chi connectivity index (χ3v) is 2.67. The summed E-state index contributed by atoms with van der Waals surface area (Å²) in [4.78, 5) is 14.0. The van der Waals surface area contributed by atoms with Crippen LogP contribution in [0.2, 0.25) is 5.02 Å². The molecule has 9 heteroatoms. The van der Waals surface area contributed by atoms with E-state index in [0.717, 1.165) is 6.07 Å². The molecular weight excluding hydrogens is 300 g/mol. The second kappa shape index (κ2) is 6.06. The van der Waals surface area contributed by atoms with Crippen molar-refractivity contribution in [1.29, 1.82) is 0 Å². The molecule has 1 aromatic heterocycles. The van der Waals surface area contributed by atoms with Crippen LogP contribution in [-0.2, 0) is 0 Å². The molecule has 3 N–H and O–H groups in total. The van der Waals surface area contributed by atoms with Gasteiger partial charge in [0.15, 0.2) is 5.84 Å². The predicted molar refractivity (Wildman–Crippen MR) is 74.9 cm³/mol. The Labute approximate surface area is 123 Å². The van der Waals surface area contributed by atoms with E-state index in [4.69, 9.17) is 27.3 Å². The Bertz CT molecular complexity index is 720. The molecule has 21 heavy (non-hydrogen) atoms. The highest BCUT2D eigenvalue weighted by molar-refractivity contribution is 6.30. The first-order valence-electron chi connectivity index (χ1n) is 5.56. The van der Waals surface area contributed by atoms with E-state index in [1.165, 1.54) is 30.6 Å². The van der Waals surface area contributed by atoms with Crippen LogP contribution >= 0.6 is 11.6 Å². The van der Waals surface area contributed by atoms with Crippen molar-refractivity contribution in [3.63, 3.8) is 0 Å². The normalized spacial score (nSPS) is 11.2. The number of rotatable bonds is 4. The molecule has 1 aromatic carbocycles. The van der Waals surface area contributed by atoms with Gasteiger partial charge in [-0.15, -0.1) is 0 Å². The summed E-state index contributed by atoms with van der Waals surface area (Å²) in [5, 5.41) is 22.7. The first-order chi connectivity index (χ1) is 10.0. The smallest absolute Gasteiger partial charge is 0.270 e. The van der Waals surface area contributed by atoms with E-state index < -0.39 is 4.92 Å². The van der Waals surface area contributed by atoms with E-state index in [1.807, 2.05) is 0 Å². The number of nitro groups is 1. The minimum Gasteiger partial charge on any atom is -0.455 e. The summed E-state index contributed by atoms with van der Waals surface area (Å²) >= 11 is 5.79. The van der Waals surface area contributed by atoms with Crippen LogP contribution in [0.4, 0.5) is 5.69 Å². The van der Waals surface area contributed by atoms with Crippen LogP contribution in [0.15, 0.2) is 41.8 Å². The molecule has 0 unspecified atom stereocenters. The van der Waals surface area contributed by atoms with E-state index in [1.54, 1.807) is 0 Å². The monoisotopic (exact) mass is 308 g/mol. The van der Waals surface area contributed by atoms with E-state index in [0.29, 0.717) is 10.8 Å². The second-order valence-electron chi connectivity index (χ2n) is 3.86. The number of nitrogens with zero attached hydrogens (tertiary/aromatic N) is 3. The SMILES string of the molecule is NC(=NO)c1cc([N+](=O)[O-])ccc1Oc1cncc(Cl)c1. The van der Waals surface area contributed by atoms with Crippen LogP contribution in [0, 0.1) is 10.1 Å². The van der Waals surface area contributed by atoms with Gasteiger partial charge in [-0.25, -0.2) is 0 Å². The molecule has 2 aromatic rings. The zero-order valence-electron chi connectivity index (χ0n) is 10.4. The van der Waals surface area contributed by atoms with Crippen molar-refractivity contribution in [1.82, 2.24) is 4.98 Å². The lowest BCUT2D eigenvalue weighted by atomic mass is 10.1. The number of halogens is 1. The largest absolute Gasteiger partial charge is 0.455 e. The standard InChI is InChI=1S/C12H9ClN4O4/c13-7-3-9(6-15-5-7)21-11-2-1-8(17(19)20)4-10(11)12(14)16-18/h1-6,18H,(H2,14,16). The minimum absolute atomic E-state index is 0.0756. The number of pyridine rings is 1. The van der Waals surface area contributed by atoms with Gasteiger partial charge in [0.25, 0.3) is 5.69 Å². The summed E-state index contributed by atoms with van der Waals surface area (Å²) in [6.07, 6.45) is 2.83.